The highest BCUT2D eigenvalue weighted by Gasteiger charge is 2.34. The minimum absolute atomic E-state index is 0.175. The summed E-state index contributed by atoms with van der Waals surface area (Å²) in [6, 6.07) is 19.3. The number of nitrogens with zero attached hydrogens (tertiary/aromatic N) is 13. The van der Waals surface area contributed by atoms with Gasteiger partial charge in [0.2, 0.25) is 29.7 Å². The molecule has 0 atom stereocenters. The van der Waals surface area contributed by atoms with Crippen molar-refractivity contribution in [3.63, 3.8) is 0 Å². The quantitative estimate of drug-likeness (QED) is 0.0665. The number of nitrogens with two attached hydrogens (primary N) is 5. The topological polar surface area (TPSA) is 370 Å². The van der Waals surface area contributed by atoms with Crippen LogP contribution in [0.2, 0.25) is 50.2 Å². The number of fused-ring (bicyclic) bond motifs is 9. The van der Waals surface area contributed by atoms with E-state index in [0.29, 0.717) is 164 Å². The van der Waals surface area contributed by atoms with Crippen molar-refractivity contribution in [3.05, 3.63) is 188 Å². The molecule has 19 rings (SSSR count). The van der Waals surface area contributed by atoms with Crippen molar-refractivity contribution in [1.29, 1.82) is 0 Å². The Morgan fingerprint density at radius 3 is 1.43 bits per heavy atom. The first-order chi connectivity index (χ1) is 53.4. The number of nitrogens with one attached hydrogen (secondary N) is 3. The van der Waals surface area contributed by atoms with Crippen molar-refractivity contribution in [2.24, 2.45) is 7.05 Å². The number of H-pyrrole nitrogens is 2. The number of benzene rings is 5. The number of halogens is 10. The molecular weight excluding hydrogens is 1630 g/mol. The summed E-state index contributed by atoms with van der Waals surface area (Å²) >= 11 is 63.1. The van der Waals surface area contributed by atoms with Crippen LogP contribution >= 0.6 is 116 Å². The maximum atomic E-state index is 6.57. The summed E-state index contributed by atoms with van der Waals surface area (Å²) in [5.74, 6) is 5.07. The summed E-state index contributed by atoms with van der Waals surface area (Å²) in [6.07, 6.45) is 10.1. The van der Waals surface area contributed by atoms with Crippen LogP contribution < -0.4 is 57.7 Å². The van der Waals surface area contributed by atoms with Crippen LogP contribution in [0, 0.1) is 0 Å². The monoisotopic (exact) mass is 1690 g/mol. The Morgan fingerprint density at radius 1 is 0.477 bits per heavy atom. The molecule has 0 amide bonds. The summed E-state index contributed by atoms with van der Waals surface area (Å²) in [7, 11) is 3.48. The normalized spacial score (nSPS) is 13.3. The number of aryl methyl sites for hydroxylation is 1. The molecule has 0 aliphatic carbocycles. The van der Waals surface area contributed by atoms with Crippen molar-refractivity contribution in [2.45, 2.75) is 45.7 Å². The number of nitrogen functional groups attached to an aromatic ring is 5. The van der Waals surface area contributed by atoms with E-state index < -0.39 is 0 Å². The minimum Gasteiger partial charge on any atom is -0.495 e. The Bertz CT molecular complexity index is 6120. The molecule has 0 saturated heterocycles. The molecule has 0 radical (unpaired) electrons. The fourth-order valence-electron chi connectivity index (χ4n) is 13.9. The third-order valence-electron chi connectivity index (χ3n) is 18.6. The zero-order valence-corrected chi connectivity index (χ0v) is 66.2. The highest BCUT2D eigenvalue weighted by Crippen LogP contribution is 2.51. The molecule has 0 spiro atoms. The number of hydrogen-bond donors (Lipinski definition) is 8. The van der Waals surface area contributed by atoms with Gasteiger partial charge in [0.25, 0.3) is 0 Å². The van der Waals surface area contributed by atoms with Gasteiger partial charge in [-0.1, -0.05) is 123 Å². The fourth-order valence-corrected chi connectivity index (χ4v) is 17.1. The van der Waals surface area contributed by atoms with Crippen molar-refractivity contribution in [1.82, 2.24) is 79.6 Å². The molecule has 0 unspecified atom stereocenters. The molecule has 0 bridgehead atoms. The largest absolute Gasteiger partial charge is 0.495 e. The van der Waals surface area contributed by atoms with Gasteiger partial charge in [-0.15, -0.1) is 0 Å². The Balaban J connectivity index is 0.000000110. The summed E-state index contributed by atoms with van der Waals surface area (Å²) in [4.78, 5) is 55.9. The molecule has 5 aromatic carbocycles. The standard InChI is InChI=1S/C18H19Cl2N5O.C15H12Cl2N4O.C15H10Cl2N4O.C14H10Cl2N4O.C13H10Cl2N4O/c1-3-22-9(2)25-7-11-14(8-25)23-18(21)24-16(11)15-10-4-5-26-17(10)13(20)6-12(15)19;1-21-4-2-10-13(21)12(20-15(18)19-10)11-7-3-5-22-14(7)9(17)6-8(11)16;16-8-6-9(17)14-7(3-5-22-14)11(8)13-12-10(2-1-4-19-12)20-15(18)21-13;15-7-5-8(16)13-6(2-4-21-13)10(7)12-11-9(1-3-18-11)19-14(17)20-12;1-20-10-4-6(7(14)5-8(10)15)11-12-9(2-3-17-12)18-13(16)19-11/h6,22H,2-5,7-8H2,1H3,(H2,21,23,24);2,4,6H,3,5H2,1H3,(H2,18,19,20);1-2,4,6H,3,5H2,(H2,18,20,21);1,3,5,18H,2,4H2,(H2,17,19,20);2-5,17H,1H3,(H2,16,18,19). The first-order valence-corrected chi connectivity index (χ1v) is 37.8. The number of methoxy groups -OCH3 is 1. The van der Waals surface area contributed by atoms with Gasteiger partial charge in [0.15, 0.2) is 0 Å². The van der Waals surface area contributed by atoms with E-state index in [9.17, 15) is 0 Å². The summed E-state index contributed by atoms with van der Waals surface area (Å²) in [6.45, 7) is 10.5. The second-order valence-electron chi connectivity index (χ2n) is 25.4. The van der Waals surface area contributed by atoms with Gasteiger partial charge in [0.1, 0.15) is 57.0 Å². The Labute approximate surface area is 682 Å². The van der Waals surface area contributed by atoms with E-state index in [1.165, 1.54) is 7.11 Å². The highest BCUT2D eigenvalue weighted by atomic mass is 35.5. The molecule has 26 nitrogen and oxygen atoms in total. The van der Waals surface area contributed by atoms with Gasteiger partial charge in [-0.3, -0.25) is 4.98 Å². The van der Waals surface area contributed by atoms with E-state index in [2.05, 4.69) is 81.6 Å². The van der Waals surface area contributed by atoms with Gasteiger partial charge in [-0.05, 0) is 73.7 Å². The second-order valence-corrected chi connectivity index (χ2v) is 29.4. The molecule has 0 saturated carbocycles. The Morgan fingerprint density at radius 2 is 0.910 bits per heavy atom. The SMILES string of the molecule is C=C(NCC)N1Cc2nc(N)nc(-c3c(Cl)cc(Cl)c4c3CCO4)c2C1.COc1cc(-c2nc(N)nc3cc[nH]c23)c(Cl)cc1Cl.Cn1ccc2nc(N)nc(-c3c(Cl)cc(Cl)c4c3CCO4)c21.Nc1nc(-c2c(Cl)cc(Cl)c3c2CCO3)c2[nH]ccc2n1.Nc1nc(-c2c(Cl)cc(Cl)c3c2CCO3)c2ncccc2n1. The van der Waals surface area contributed by atoms with Gasteiger partial charge in [0, 0.05) is 126 Å². The summed E-state index contributed by atoms with van der Waals surface area (Å²) in [5.41, 5.74) is 48.2. The second kappa shape index (κ2) is 31.5. The highest BCUT2D eigenvalue weighted by molar-refractivity contribution is 6.41. The van der Waals surface area contributed by atoms with Crippen LogP contribution in [0.1, 0.15) is 40.4 Å². The third-order valence-corrected chi connectivity index (χ3v) is 21.5. The zero-order chi connectivity index (χ0) is 78.0. The van der Waals surface area contributed by atoms with E-state index in [4.69, 9.17) is 168 Å². The fraction of sp³-hybridized carbons (Fsp3) is 0.187. The first kappa shape index (κ1) is 76.2. The van der Waals surface area contributed by atoms with Crippen LogP contribution in [0.5, 0.6) is 28.7 Å². The molecule has 9 aromatic heterocycles. The molecule has 5 aliphatic heterocycles. The molecule has 36 heteroatoms. The van der Waals surface area contributed by atoms with E-state index in [0.717, 1.165) is 126 Å². The molecule has 566 valence electrons. The predicted molar refractivity (Wildman–Crippen MR) is 440 cm³/mol. The average Bonchev–Trinajstić information content (AvgIpc) is 1.73. The van der Waals surface area contributed by atoms with Gasteiger partial charge >= 0.3 is 0 Å². The lowest BCUT2D eigenvalue weighted by molar-refractivity contribution is 0.336. The minimum atomic E-state index is 0.175. The van der Waals surface area contributed by atoms with Gasteiger partial charge in [0.05, 0.1) is 146 Å². The van der Waals surface area contributed by atoms with Crippen LogP contribution in [0.15, 0.2) is 104 Å². The number of pyridine rings is 1. The lowest BCUT2D eigenvalue weighted by Crippen LogP contribution is -2.26. The molecule has 14 heterocycles. The smallest absolute Gasteiger partial charge is 0.221 e. The average molecular weight is 1690 g/mol. The lowest BCUT2D eigenvalue weighted by atomic mass is 9.98. The van der Waals surface area contributed by atoms with Gasteiger partial charge in [-0.2, -0.15) is 0 Å². The van der Waals surface area contributed by atoms with Crippen LogP contribution in [0.3, 0.4) is 0 Å². The maximum absolute atomic E-state index is 6.57. The molecule has 111 heavy (non-hydrogen) atoms. The number of rotatable bonds is 9. The summed E-state index contributed by atoms with van der Waals surface area (Å²) < 4.78 is 29.7. The van der Waals surface area contributed by atoms with Crippen molar-refractivity contribution in [2.75, 3.05) is 68.8 Å². The van der Waals surface area contributed by atoms with Crippen molar-refractivity contribution >= 4 is 190 Å². The third kappa shape index (κ3) is 14.7. The molecule has 0 fully saturated rings. The number of anilines is 5. The van der Waals surface area contributed by atoms with E-state index in [1.807, 2.05) is 49.0 Å². The number of aromatic amines is 2. The van der Waals surface area contributed by atoms with E-state index in [-0.39, 0.29) is 29.7 Å². The lowest BCUT2D eigenvalue weighted by Gasteiger charge is -2.20. The predicted octanol–water partition coefficient (Wildman–Crippen LogP) is 17.3. The number of aromatic nitrogens is 14. The zero-order valence-electron chi connectivity index (χ0n) is 58.7. The van der Waals surface area contributed by atoms with Crippen molar-refractivity contribution < 1.29 is 23.7 Å². The van der Waals surface area contributed by atoms with Gasteiger partial charge < -0.3 is 77.1 Å². The van der Waals surface area contributed by atoms with E-state index >= 15 is 0 Å². The molecule has 13 N–H and O–H groups in total. The first-order valence-electron chi connectivity index (χ1n) is 34.1. The maximum Gasteiger partial charge on any atom is 0.221 e. The Kier molecular flexibility index (Phi) is 21.6. The Hall–Kier alpha value is -10.2. The molecule has 5 aliphatic rings. The van der Waals surface area contributed by atoms with Gasteiger partial charge in [-0.25, -0.2) is 49.8 Å². The number of hydrogen-bond acceptors (Lipinski definition) is 23. The van der Waals surface area contributed by atoms with Crippen LogP contribution in [-0.4, -0.2) is 114 Å². The van der Waals surface area contributed by atoms with Crippen LogP contribution in [0.4, 0.5) is 29.7 Å². The molecular formula is C75H61Cl10N21O5. The molecule has 14 aromatic rings. The van der Waals surface area contributed by atoms with E-state index in [1.54, 1.807) is 61.1 Å². The van der Waals surface area contributed by atoms with Crippen LogP contribution in [-0.2, 0) is 45.8 Å². The van der Waals surface area contributed by atoms with Crippen molar-refractivity contribution in [3.8, 4) is 85.0 Å². The number of ether oxygens (including phenoxy) is 5. The van der Waals surface area contributed by atoms with Crippen LogP contribution in [0.25, 0.3) is 100 Å². The summed E-state index contributed by atoms with van der Waals surface area (Å²) in [5, 5.41) is 8.31.